The van der Waals surface area contributed by atoms with Crippen LogP contribution < -0.4 is 11.0 Å². The first-order chi connectivity index (χ1) is 10.2. The molecule has 2 aromatic rings. The number of rotatable bonds is 3. The maximum absolute atomic E-state index is 12.7. The van der Waals surface area contributed by atoms with Gasteiger partial charge < -0.3 is 0 Å². The normalized spacial score (nSPS) is 11.9. The van der Waals surface area contributed by atoms with Gasteiger partial charge in [-0.1, -0.05) is 46.8 Å². The molecule has 1 aromatic carbocycles. The largest absolute Gasteiger partial charge is 0.280 e. The second kappa shape index (κ2) is 5.91. The summed E-state index contributed by atoms with van der Waals surface area (Å²) in [6.45, 7) is 9.85. The van der Waals surface area contributed by atoms with Crippen LogP contribution >= 0.6 is 0 Å². The molecule has 0 aliphatic carbocycles. The Morgan fingerprint density at radius 2 is 1.91 bits per heavy atom. The van der Waals surface area contributed by atoms with Crippen molar-refractivity contribution in [2.75, 3.05) is 5.43 Å². The van der Waals surface area contributed by atoms with Crippen molar-refractivity contribution in [2.45, 2.75) is 47.0 Å². The molecule has 118 valence electrons. The SMILES string of the molecule is CC(C)c1nc2ccccc2c(=O)n1NC(=O)CC(C)(C)C. The molecular weight excluding hydrogens is 278 g/mol. The summed E-state index contributed by atoms with van der Waals surface area (Å²) >= 11 is 0. The number of hydrogen-bond acceptors (Lipinski definition) is 3. The molecule has 1 amide bonds. The first kappa shape index (κ1) is 16.2. The van der Waals surface area contributed by atoms with Crippen LogP contribution in [0.1, 0.15) is 52.8 Å². The van der Waals surface area contributed by atoms with E-state index >= 15 is 0 Å². The Morgan fingerprint density at radius 3 is 2.50 bits per heavy atom. The lowest BCUT2D eigenvalue weighted by molar-refractivity contribution is -0.118. The number of fused-ring (bicyclic) bond motifs is 1. The van der Waals surface area contributed by atoms with Crippen molar-refractivity contribution in [3.8, 4) is 0 Å². The number of carbonyl (C=O) groups is 1. The van der Waals surface area contributed by atoms with Gasteiger partial charge in [-0.05, 0) is 17.5 Å². The molecule has 5 nitrogen and oxygen atoms in total. The summed E-state index contributed by atoms with van der Waals surface area (Å²) in [6.07, 6.45) is 0.337. The van der Waals surface area contributed by atoms with Crippen LogP contribution in [0.25, 0.3) is 10.9 Å². The smallest absolute Gasteiger partial charge is 0.273 e. The zero-order valence-electron chi connectivity index (χ0n) is 13.8. The molecule has 0 saturated heterocycles. The van der Waals surface area contributed by atoms with Crippen molar-refractivity contribution in [2.24, 2.45) is 5.41 Å². The van der Waals surface area contributed by atoms with Gasteiger partial charge in [-0.2, -0.15) is 0 Å². The number of hydrogen-bond donors (Lipinski definition) is 1. The van der Waals surface area contributed by atoms with Crippen LogP contribution in [0.3, 0.4) is 0 Å². The highest BCUT2D eigenvalue weighted by atomic mass is 16.2. The number of nitrogens with zero attached hydrogens (tertiary/aromatic N) is 2. The van der Waals surface area contributed by atoms with E-state index in [-0.39, 0.29) is 22.8 Å². The summed E-state index contributed by atoms with van der Waals surface area (Å²) in [5.41, 5.74) is 2.98. The number of carbonyl (C=O) groups excluding carboxylic acids is 1. The standard InChI is InChI=1S/C17H23N3O2/c1-11(2)15-18-13-9-7-6-8-12(13)16(22)20(15)19-14(21)10-17(3,4)5/h6-9,11H,10H2,1-5H3,(H,19,21). The van der Waals surface area contributed by atoms with Crippen molar-refractivity contribution >= 4 is 16.8 Å². The fourth-order valence-electron chi connectivity index (χ4n) is 2.29. The van der Waals surface area contributed by atoms with Gasteiger partial charge in [-0.3, -0.25) is 15.0 Å². The zero-order chi connectivity index (χ0) is 16.5. The van der Waals surface area contributed by atoms with E-state index < -0.39 is 0 Å². The highest BCUT2D eigenvalue weighted by Crippen LogP contribution is 2.19. The van der Waals surface area contributed by atoms with E-state index in [1.807, 2.05) is 46.8 Å². The number of aromatic nitrogens is 2. The van der Waals surface area contributed by atoms with E-state index in [1.54, 1.807) is 12.1 Å². The quantitative estimate of drug-likeness (QED) is 0.947. The van der Waals surface area contributed by atoms with Gasteiger partial charge >= 0.3 is 0 Å². The first-order valence-electron chi connectivity index (χ1n) is 7.50. The maximum Gasteiger partial charge on any atom is 0.280 e. The van der Waals surface area contributed by atoms with E-state index in [2.05, 4.69) is 10.4 Å². The van der Waals surface area contributed by atoms with E-state index in [0.29, 0.717) is 23.1 Å². The minimum absolute atomic E-state index is 0.0206. The molecule has 0 atom stereocenters. The van der Waals surface area contributed by atoms with Crippen LogP contribution in [0.15, 0.2) is 29.1 Å². The Morgan fingerprint density at radius 1 is 1.27 bits per heavy atom. The molecule has 0 aliphatic rings. The first-order valence-corrected chi connectivity index (χ1v) is 7.50. The minimum Gasteiger partial charge on any atom is -0.273 e. The van der Waals surface area contributed by atoms with Crippen LogP contribution in [-0.2, 0) is 4.79 Å². The molecule has 22 heavy (non-hydrogen) atoms. The van der Waals surface area contributed by atoms with Crippen molar-refractivity contribution < 1.29 is 4.79 Å². The molecular formula is C17H23N3O2. The van der Waals surface area contributed by atoms with Crippen LogP contribution in [0.5, 0.6) is 0 Å². The summed E-state index contributed by atoms with van der Waals surface area (Å²) in [7, 11) is 0. The average molecular weight is 301 g/mol. The Balaban J connectivity index is 2.52. The van der Waals surface area contributed by atoms with Gasteiger partial charge in [-0.15, -0.1) is 0 Å². The number of para-hydroxylation sites is 1. The van der Waals surface area contributed by atoms with Crippen LogP contribution in [-0.4, -0.2) is 15.6 Å². The van der Waals surface area contributed by atoms with Crippen LogP contribution in [0, 0.1) is 5.41 Å². The third-order valence-electron chi connectivity index (χ3n) is 3.25. The van der Waals surface area contributed by atoms with Crippen LogP contribution in [0.4, 0.5) is 0 Å². The highest BCUT2D eigenvalue weighted by molar-refractivity contribution is 5.85. The molecule has 5 heteroatoms. The maximum atomic E-state index is 12.7. The Bertz CT molecular complexity index is 755. The van der Waals surface area contributed by atoms with E-state index in [9.17, 15) is 9.59 Å². The fourth-order valence-corrected chi connectivity index (χ4v) is 2.29. The molecule has 0 spiro atoms. The van der Waals surface area contributed by atoms with Crippen molar-refractivity contribution in [3.05, 3.63) is 40.4 Å². The Hall–Kier alpha value is -2.17. The zero-order valence-corrected chi connectivity index (χ0v) is 13.8. The van der Waals surface area contributed by atoms with E-state index in [0.717, 1.165) is 0 Å². The topological polar surface area (TPSA) is 64.0 Å². The number of amides is 1. The monoisotopic (exact) mass is 301 g/mol. The second-order valence-corrected chi connectivity index (χ2v) is 7.05. The third-order valence-corrected chi connectivity index (χ3v) is 3.25. The van der Waals surface area contributed by atoms with Gasteiger partial charge in [0.2, 0.25) is 5.91 Å². The molecule has 0 fully saturated rings. The van der Waals surface area contributed by atoms with Gasteiger partial charge in [0.15, 0.2) is 0 Å². The Kier molecular flexibility index (Phi) is 4.35. The number of nitrogens with one attached hydrogen (secondary N) is 1. The third kappa shape index (κ3) is 3.53. The summed E-state index contributed by atoms with van der Waals surface area (Å²) in [6, 6.07) is 7.17. The second-order valence-electron chi connectivity index (χ2n) is 7.05. The van der Waals surface area contributed by atoms with Gasteiger partial charge in [0, 0.05) is 12.3 Å². The van der Waals surface area contributed by atoms with Gasteiger partial charge in [-0.25, -0.2) is 9.66 Å². The van der Waals surface area contributed by atoms with Crippen molar-refractivity contribution in [1.29, 1.82) is 0 Å². The summed E-state index contributed by atoms with van der Waals surface area (Å²) < 4.78 is 1.29. The van der Waals surface area contributed by atoms with Gasteiger partial charge in [0.05, 0.1) is 10.9 Å². The fraction of sp³-hybridized carbons (Fsp3) is 0.471. The molecule has 1 aromatic heterocycles. The molecule has 0 radical (unpaired) electrons. The van der Waals surface area contributed by atoms with Crippen molar-refractivity contribution in [1.82, 2.24) is 9.66 Å². The van der Waals surface area contributed by atoms with Gasteiger partial charge in [0.1, 0.15) is 5.82 Å². The predicted molar refractivity (Wildman–Crippen MR) is 88.5 cm³/mol. The van der Waals surface area contributed by atoms with Crippen LogP contribution in [0.2, 0.25) is 0 Å². The molecule has 0 aliphatic heterocycles. The van der Waals surface area contributed by atoms with Crippen molar-refractivity contribution in [3.63, 3.8) is 0 Å². The molecule has 0 unspecified atom stereocenters. The molecule has 1 heterocycles. The lowest BCUT2D eigenvalue weighted by Crippen LogP contribution is -2.38. The highest BCUT2D eigenvalue weighted by Gasteiger charge is 2.19. The molecule has 0 bridgehead atoms. The Labute approximate surface area is 130 Å². The summed E-state index contributed by atoms with van der Waals surface area (Å²) in [5, 5.41) is 0.503. The van der Waals surface area contributed by atoms with E-state index in [1.165, 1.54) is 4.68 Å². The van der Waals surface area contributed by atoms with Gasteiger partial charge in [0.25, 0.3) is 5.56 Å². The average Bonchev–Trinajstić information content (AvgIpc) is 2.39. The lowest BCUT2D eigenvalue weighted by atomic mass is 9.92. The molecule has 0 saturated carbocycles. The summed E-state index contributed by atoms with van der Waals surface area (Å²) in [4.78, 5) is 29.4. The molecule has 2 rings (SSSR count). The lowest BCUT2D eigenvalue weighted by Gasteiger charge is -2.20. The minimum atomic E-state index is -0.239. The predicted octanol–water partition coefficient (Wildman–Crippen LogP) is 3.03. The number of benzene rings is 1. The van der Waals surface area contributed by atoms with E-state index in [4.69, 9.17) is 0 Å². The molecule has 1 N–H and O–H groups in total. The summed E-state index contributed by atoms with van der Waals surface area (Å²) in [5.74, 6) is 0.395.